The monoisotopic (exact) mass is 365 g/mol. The van der Waals surface area contributed by atoms with Crippen molar-refractivity contribution >= 4 is 34.4 Å². The summed E-state index contributed by atoms with van der Waals surface area (Å²) in [6.07, 6.45) is 0.874. The molecule has 0 saturated heterocycles. The second-order valence-electron chi connectivity index (χ2n) is 6.73. The summed E-state index contributed by atoms with van der Waals surface area (Å²) in [6.45, 7) is 8.34. The van der Waals surface area contributed by atoms with Crippen LogP contribution in [0.1, 0.15) is 24.7 Å². The third-order valence-corrected chi connectivity index (χ3v) is 4.82. The quantitative estimate of drug-likeness (QED) is 0.728. The normalized spacial score (nSPS) is 14.2. The van der Waals surface area contributed by atoms with E-state index in [1.165, 1.54) is 0 Å². The number of anilines is 3. The van der Waals surface area contributed by atoms with E-state index in [-0.39, 0.29) is 6.03 Å². The van der Waals surface area contributed by atoms with Crippen LogP contribution in [0.2, 0.25) is 0 Å². The van der Waals surface area contributed by atoms with Crippen LogP contribution in [0.3, 0.4) is 0 Å². The highest BCUT2D eigenvalue weighted by Gasteiger charge is 2.26. The number of amides is 2. The first-order valence-corrected chi connectivity index (χ1v) is 9.19. The molecule has 2 amide bonds. The number of carbonyl (C=O) groups excluding carboxylic acids is 1. The van der Waals surface area contributed by atoms with Gasteiger partial charge in [-0.25, -0.2) is 14.8 Å². The molecular weight excluding hydrogens is 342 g/mol. The highest BCUT2D eigenvalue weighted by molar-refractivity contribution is 6.06. The van der Waals surface area contributed by atoms with Crippen molar-refractivity contribution in [3.8, 4) is 0 Å². The summed E-state index contributed by atoms with van der Waals surface area (Å²) in [5.41, 5.74) is 3.42. The molecule has 0 unspecified atom stereocenters. The smallest absolute Gasteiger partial charge is 0.328 e. The van der Waals surface area contributed by atoms with Crippen LogP contribution >= 0.6 is 0 Å². The molecule has 0 saturated carbocycles. The second kappa shape index (κ2) is 6.86. The summed E-state index contributed by atoms with van der Waals surface area (Å²) in [6, 6.07) is 7.61. The van der Waals surface area contributed by atoms with Crippen molar-refractivity contribution in [2.45, 2.75) is 27.2 Å². The van der Waals surface area contributed by atoms with E-state index >= 15 is 0 Å². The van der Waals surface area contributed by atoms with Crippen LogP contribution in [0.15, 0.2) is 24.3 Å². The summed E-state index contributed by atoms with van der Waals surface area (Å²) >= 11 is 0. The van der Waals surface area contributed by atoms with Crippen molar-refractivity contribution in [1.82, 2.24) is 20.2 Å². The molecule has 0 bridgehead atoms. The van der Waals surface area contributed by atoms with Gasteiger partial charge in [-0.1, -0.05) is 0 Å². The molecule has 3 aromatic rings. The van der Waals surface area contributed by atoms with E-state index in [0.29, 0.717) is 23.8 Å². The fourth-order valence-electron chi connectivity index (χ4n) is 3.42. The third-order valence-electron chi connectivity index (χ3n) is 4.82. The minimum Gasteiger partial charge on any atom is -0.369 e. The molecule has 3 aromatic heterocycles. The number of fused-ring (bicyclic) bond motifs is 2. The van der Waals surface area contributed by atoms with E-state index in [2.05, 4.69) is 37.3 Å². The maximum absolute atomic E-state index is 13.1. The van der Waals surface area contributed by atoms with Crippen LogP contribution < -0.4 is 15.1 Å². The second-order valence-corrected chi connectivity index (χ2v) is 6.73. The van der Waals surface area contributed by atoms with Crippen molar-refractivity contribution in [3.63, 3.8) is 0 Å². The minimum absolute atomic E-state index is 0.235. The molecule has 0 aromatic carbocycles. The van der Waals surface area contributed by atoms with Gasteiger partial charge in [-0.05, 0) is 51.5 Å². The fourth-order valence-corrected chi connectivity index (χ4v) is 3.42. The molecule has 0 radical (unpaired) electrons. The Bertz CT molecular complexity index is 997. The number of nitrogens with zero attached hydrogens (tertiary/aromatic N) is 5. The number of aromatic amines is 1. The predicted molar refractivity (Wildman–Crippen MR) is 106 cm³/mol. The maximum Gasteiger partial charge on any atom is 0.328 e. The number of pyridine rings is 2. The van der Waals surface area contributed by atoms with E-state index in [0.717, 1.165) is 42.0 Å². The molecule has 2 N–H and O–H groups in total. The summed E-state index contributed by atoms with van der Waals surface area (Å²) in [7, 11) is 0. The van der Waals surface area contributed by atoms with Gasteiger partial charge in [0.25, 0.3) is 0 Å². The van der Waals surface area contributed by atoms with Crippen molar-refractivity contribution in [1.29, 1.82) is 0 Å². The molecule has 27 heavy (non-hydrogen) atoms. The average molecular weight is 365 g/mol. The lowest BCUT2D eigenvalue weighted by atomic mass is 10.3. The van der Waals surface area contributed by atoms with E-state index in [4.69, 9.17) is 0 Å². The Morgan fingerprint density at radius 1 is 1.15 bits per heavy atom. The zero-order valence-corrected chi connectivity index (χ0v) is 15.8. The number of aryl methyl sites for hydroxylation is 2. The van der Waals surface area contributed by atoms with Gasteiger partial charge in [0.2, 0.25) is 0 Å². The third kappa shape index (κ3) is 3.18. The van der Waals surface area contributed by atoms with Gasteiger partial charge in [0.05, 0.1) is 11.1 Å². The first-order chi connectivity index (χ1) is 13.1. The van der Waals surface area contributed by atoms with E-state index in [1.807, 2.05) is 38.1 Å². The molecule has 0 fully saturated rings. The zero-order chi connectivity index (χ0) is 19.0. The van der Waals surface area contributed by atoms with Gasteiger partial charge in [-0.2, -0.15) is 5.10 Å². The Kier molecular flexibility index (Phi) is 4.39. The Hall–Kier alpha value is -3.16. The Labute approximate surface area is 157 Å². The van der Waals surface area contributed by atoms with Crippen molar-refractivity contribution in [3.05, 3.63) is 35.7 Å². The molecule has 0 aliphatic carbocycles. The van der Waals surface area contributed by atoms with Gasteiger partial charge >= 0.3 is 6.03 Å². The van der Waals surface area contributed by atoms with Crippen LogP contribution in [-0.4, -0.2) is 45.8 Å². The van der Waals surface area contributed by atoms with Gasteiger partial charge in [-0.3, -0.25) is 15.3 Å². The molecule has 8 nitrogen and oxygen atoms in total. The first-order valence-electron chi connectivity index (χ1n) is 9.19. The Balaban J connectivity index is 1.67. The number of urea groups is 1. The van der Waals surface area contributed by atoms with E-state index in [1.54, 1.807) is 4.90 Å². The predicted octanol–water partition coefficient (Wildman–Crippen LogP) is 3.24. The molecule has 4 rings (SSSR count). The van der Waals surface area contributed by atoms with Crippen molar-refractivity contribution in [2.75, 3.05) is 34.8 Å². The highest BCUT2D eigenvalue weighted by atomic mass is 16.2. The summed E-state index contributed by atoms with van der Waals surface area (Å²) in [5.74, 6) is 1.17. The maximum atomic E-state index is 13.1. The van der Waals surface area contributed by atoms with Gasteiger partial charge < -0.3 is 4.90 Å². The van der Waals surface area contributed by atoms with Crippen LogP contribution in [0, 0.1) is 13.8 Å². The lowest BCUT2D eigenvalue weighted by Gasteiger charge is -2.25. The number of H-pyrrole nitrogens is 1. The molecule has 1 aliphatic rings. The molecule has 0 spiro atoms. The van der Waals surface area contributed by atoms with Gasteiger partial charge in [-0.15, -0.1) is 0 Å². The number of nitrogens with one attached hydrogen (secondary N) is 2. The fraction of sp³-hybridized carbons (Fsp3) is 0.368. The number of hydrogen-bond acceptors (Lipinski definition) is 5. The number of rotatable bonds is 2. The van der Waals surface area contributed by atoms with Gasteiger partial charge in [0.1, 0.15) is 0 Å². The van der Waals surface area contributed by atoms with Crippen LogP contribution in [0.5, 0.6) is 0 Å². The topological polar surface area (TPSA) is 90.0 Å². The van der Waals surface area contributed by atoms with E-state index in [9.17, 15) is 4.79 Å². The van der Waals surface area contributed by atoms with Crippen LogP contribution in [0.4, 0.5) is 22.1 Å². The summed E-state index contributed by atoms with van der Waals surface area (Å²) < 4.78 is 0. The summed E-state index contributed by atoms with van der Waals surface area (Å²) in [5, 5.41) is 10.8. The SMILES string of the molecule is CCN1CCCN(C(=O)Nc2n[nH]c3nc(C)ccc23)c2nc(C)ccc21. The number of hydrogen-bond donors (Lipinski definition) is 2. The zero-order valence-electron chi connectivity index (χ0n) is 15.8. The largest absolute Gasteiger partial charge is 0.369 e. The van der Waals surface area contributed by atoms with Crippen molar-refractivity contribution < 1.29 is 4.79 Å². The van der Waals surface area contributed by atoms with E-state index < -0.39 is 0 Å². The minimum atomic E-state index is -0.235. The molecule has 140 valence electrons. The van der Waals surface area contributed by atoms with Gasteiger partial charge in [0.15, 0.2) is 17.3 Å². The Morgan fingerprint density at radius 3 is 2.74 bits per heavy atom. The van der Waals surface area contributed by atoms with Crippen molar-refractivity contribution in [2.24, 2.45) is 0 Å². The molecule has 1 aliphatic heterocycles. The lowest BCUT2D eigenvalue weighted by Crippen LogP contribution is -2.36. The summed E-state index contributed by atoms with van der Waals surface area (Å²) in [4.78, 5) is 26.1. The lowest BCUT2D eigenvalue weighted by molar-refractivity contribution is 0.256. The van der Waals surface area contributed by atoms with Crippen LogP contribution in [0.25, 0.3) is 11.0 Å². The molecule has 8 heteroatoms. The highest BCUT2D eigenvalue weighted by Crippen LogP contribution is 2.31. The number of carbonyl (C=O) groups is 1. The molecule has 4 heterocycles. The van der Waals surface area contributed by atoms with Crippen LogP contribution in [-0.2, 0) is 0 Å². The standard InChI is InChI=1S/C19H23N7O/c1-4-25-10-5-11-26(18-15(25)9-7-13(3)21-18)19(27)22-17-14-8-6-12(2)20-16(14)23-24-17/h6-9H,4-5,10-11H2,1-3H3,(H2,20,22,23,24,27). The number of aromatic nitrogens is 4. The Morgan fingerprint density at radius 2 is 1.93 bits per heavy atom. The first kappa shape index (κ1) is 17.3. The van der Waals surface area contributed by atoms with Gasteiger partial charge in [0, 0.05) is 31.0 Å². The average Bonchev–Trinajstić information content (AvgIpc) is 2.94. The molecular formula is C19H23N7O. The molecule has 0 atom stereocenters.